The van der Waals surface area contributed by atoms with Crippen LogP contribution in [0.2, 0.25) is 0 Å². The average Bonchev–Trinajstić information content (AvgIpc) is 3.17. The number of benzene rings is 3. The Bertz CT molecular complexity index is 1410. The molecule has 0 amide bonds. The largest absolute Gasteiger partial charge is 0.354 e. The number of aromatic nitrogens is 2. The highest BCUT2D eigenvalue weighted by Gasteiger charge is 2.22. The van der Waals surface area contributed by atoms with E-state index in [-0.39, 0.29) is 5.78 Å². The van der Waals surface area contributed by atoms with E-state index in [1.54, 1.807) is 12.1 Å². The zero-order chi connectivity index (χ0) is 19.8. The molecule has 136 valence electrons. The predicted molar refractivity (Wildman–Crippen MR) is 114 cm³/mol. The van der Waals surface area contributed by atoms with Crippen molar-refractivity contribution in [3.8, 4) is 17.3 Å². The first-order chi connectivity index (χ1) is 14.3. The van der Waals surface area contributed by atoms with Gasteiger partial charge in [-0.15, -0.1) is 0 Å². The summed E-state index contributed by atoms with van der Waals surface area (Å²) in [6, 6.07) is 26.4. The molecule has 4 heteroatoms. The number of para-hydroxylation sites is 1. The lowest BCUT2D eigenvalue weighted by molar-refractivity contribution is 0.104. The number of rotatable bonds is 3. The van der Waals surface area contributed by atoms with Gasteiger partial charge in [-0.1, -0.05) is 60.7 Å². The minimum atomic E-state index is -0.0883. The molecule has 0 saturated heterocycles. The van der Waals surface area contributed by atoms with E-state index in [1.165, 1.54) is 0 Å². The number of nitrogens with one attached hydrogen (secondary N) is 1. The molecule has 0 spiro atoms. The summed E-state index contributed by atoms with van der Waals surface area (Å²) in [4.78, 5) is 21.6. The van der Waals surface area contributed by atoms with Crippen molar-refractivity contribution in [1.29, 1.82) is 5.26 Å². The van der Waals surface area contributed by atoms with Crippen molar-refractivity contribution < 1.29 is 4.79 Å². The smallest absolute Gasteiger partial charge is 0.197 e. The number of hydrogen-bond acceptors (Lipinski definition) is 3. The van der Waals surface area contributed by atoms with Gasteiger partial charge in [0.25, 0.3) is 0 Å². The summed E-state index contributed by atoms with van der Waals surface area (Å²) in [6.07, 6.45) is 1.81. The van der Waals surface area contributed by atoms with Gasteiger partial charge in [0.05, 0.1) is 28.4 Å². The third kappa shape index (κ3) is 2.77. The van der Waals surface area contributed by atoms with Gasteiger partial charge in [-0.05, 0) is 18.2 Å². The van der Waals surface area contributed by atoms with Gasteiger partial charge in [0, 0.05) is 33.6 Å². The van der Waals surface area contributed by atoms with Crippen LogP contribution in [0, 0.1) is 11.3 Å². The van der Waals surface area contributed by atoms with E-state index in [2.05, 4.69) is 16.0 Å². The summed E-state index contributed by atoms with van der Waals surface area (Å²) in [6.45, 7) is 0. The van der Waals surface area contributed by atoms with Gasteiger partial charge in [-0.2, -0.15) is 5.26 Å². The molecule has 5 rings (SSSR count). The van der Waals surface area contributed by atoms with Crippen molar-refractivity contribution in [2.75, 3.05) is 0 Å². The molecule has 0 aliphatic rings. The van der Waals surface area contributed by atoms with Gasteiger partial charge in [-0.25, -0.2) is 0 Å². The topological polar surface area (TPSA) is 69.5 Å². The maximum Gasteiger partial charge on any atom is 0.197 e. The molecule has 0 aliphatic carbocycles. The lowest BCUT2D eigenvalue weighted by atomic mass is 9.96. The van der Waals surface area contributed by atoms with Crippen LogP contribution in [0.1, 0.15) is 21.5 Å². The van der Waals surface area contributed by atoms with Crippen LogP contribution in [0.3, 0.4) is 0 Å². The average molecular weight is 373 g/mol. The van der Waals surface area contributed by atoms with Crippen LogP contribution in [0.25, 0.3) is 33.1 Å². The van der Waals surface area contributed by atoms with Gasteiger partial charge < -0.3 is 4.98 Å². The molecular formula is C25H15N3O. The molecule has 0 aliphatic heterocycles. The maximum absolute atomic E-state index is 13.5. The van der Waals surface area contributed by atoms with E-state index < -0.39 is 0 Å². The molecule has 0 atom stereocenters. The number of pyridine rings is 1. The van der Waals surface area contributed by atoms with Crippen molar-refractivity contribution in [2.45, 2.75) is 0 Å². The van der Waals surface area contributed by atoms with Gasteiger partial charge in [0.2, 0.25) is 0 Å². The van der Waals surface area contributed by atoms with E-state index in [1.807, 2.05) is 72.9 Å². The van der Waals surface area contributed by atoms with Crippen LogP contribution in [0.5, 0.6) is 0 Å². The van der Waals surface area contributed by atoms with Crippen molar-refractivity contribution >= 4 is 27.6 Å². The van der Waals surface area contributed by atoms with Gasteiger partial charge in [-0.3, -0.25) is 9.78 Å². The molecule has 0 saturated carbocycles. The molecule has 4 nitrogen and oxygen atoms in total. The third-order valence-electron chi connectivity index (χ3n) is 5.11. The van der Waals surface area contributed by atoms with Gasteiger partial charge in [0.15, 0.2) is 5.78 Å². The van der Waals surface area contributed by atoms with E-state index in [0.717, 1.165) is 27.4 Å². The molecule has 0 radical (unpaired) electrons. The Morgan fingerprint density at radius 3 is 2.34 bits per heavy atom. The minimum Gasteiger partial charge on any atom is -0.354 e. The number of nitriles is 1. The normalized spacial score (nSPS) is 10.9. The maximum atomic E-state index is 13.5. The first-order valence-electron chi connectivity index (χ1n) is 9.26. The first kappa shape index (κ1) is 16.9. The molecule has 29 heavy (non-hydrogen) atoms. The molecule has 5 aromatic rings. The zero-order valence-corrected chi connectivity index (χ0v) is 15.4. The second-order valence-corrected chi connectivity index (χ2v) is 6.83. The quantitative estimate of drug-likeness (QED) is 0.425. The Morgan fingerprint density at radius 2 is 1.59 bits per heavy atom. The van der Waals surface area contributed by atoms with E-state index in [4.69, 9.17) is 5.26 Å². The number of fused-ring (bicyclic) bond motifs is 3. The summed E-state index contributed by atoms with van der Waals surface area (Å²) < 4.78 is 0. The van der Waals surface area contributed by atoms with E-state index in [0.29, 0.717) is 22.4 Å². The molecule has 2 aromatic heterocycles. The number of H-pyrrole nitrogens is 1. The second kappa shape index (κ2) is 6.74. The molecule has 2 heterocycles. The van der Waals surface area contributed by atoms with Gasteiger partial charge in [0.1, 0.15) is 0 Å². The predicted octanol–water partition coefficient (Wildman–Crippen LogP) is 5.49. The second-order valence-electron chi connectivity index (χ2n) is 6.83. The first-order valence-corrected chi connectivity index (χ1v) is 9.26. The van der Waals surface area contributed by atoms with Crippen molar-refractivity contribution in [1.82, 2.24) is 9.97 Å². The van der Waals surface area contributed by atoms with Crippen LogP contribution < -0.4 is 0 Å². The number of hydrogen-bond donors (Lipinski definition) is 1. The van der Waals surface area contributed by atoms with Crippen LogP contribution in [0.4, 0.5) is 0 Å². The molecule has 0 bridgehead atoms. The van der Waals surface area contributed by atoms with E-state index >= 15 is 0 Å². The fraction of sp³-hybridized carbons (Fsp3) is 0. The van der Waals surface area contributed by atoms with Crippen molar-refractivity contribution in [3.63, 3.8) is 0 Å². The number of aromatic amines is 1. The molecular weight excluding hydrogens is 358 g/mol. The summed E-state index contributed by atoms with van der Waals surface area (Å²) in [5.41, 5.74) is 4.84. The molecule has 1 N–H and O–H groups in total. The lowest BCUT2D eigenvalue weighted by Crippen LogP contribution is -2.06. The monoisotopic (exact) mass is 373 g/mol. The number of carbonyl (C=O) groups excluding carboxylic acids is 1. The minimum absolute atomic E-state index is 0.0883. The third-order valence-corrected chi connectivity index (χ3v) is 5.11. The SMILES string of the molecule is N#Cc1ccc(-c2ncc3c([nH]c4ccccc43)c2C(=O)c2ccccc2)cc1. The van der Waals surface area contributed by atoms with Crippen LogP contribution in [0.15, 0.2) is 85.1 Å². The summed E-state index contributed by atoms with van der Waals surface area (Å²) >= 11 is 0. The summed E-state index contributed by atoms with van der Waals surface area (Å²) in [5.74, 6) is -0.0883. The Balaban J connectivity index is 1.83. The molecule has 3 aromatic carbocycles. The number of carbonyl (C=O) groups is 1. The lowest BCUT2D eigenvalue weighted by Gasteiger charge is -2.10. The van der Waals surface area contributed by atoms with E-state index in [9.17, 15) is 4.79 Å². The highest BCUT2D eigenvalue weighted by Crippen LogP contribution is 2.33. The number of ketones is 1. The summed E-state index contributed by atoms with van der Waals surface area (Å²) in [7, 11) is 0. The number of nitrogens with zero attached hydrogens (tertiary/aromatic N) is 2. The Hall–Kier alpha value is -4.23. The summed E-state index contributed by atoms with van der Waals surface area (Å²) in [5, 5.41) is 11.0. The van der Waals surface area contributed by atoms with Crippen LogP contribution >= 0.6 is 0 Å². The molecule has 0 unspecified atom stereocenters. The zero-order valence-electron chi connectivity index (χ0n) is 15.4. The van der Waals surface area contributed by atoms with Crippen LogP contribution in [-0.4, -0.2) is 15.8 Å². The highest BCUT2D eigenvalue weighted by molar-refractivity contribution is 6.22. The van der Waals surface area contributed by atoms with Crippen molar-refractivity contribution in [3.05, 3.63) is 102 Å². The Kier molecular flexibility index (Phi) is 3.93. The van der Waals surface area contributed by atoms with Crippen molar-refractivity contribution in [2.24, 2.45) is 0 Å². The van der Waals surface area contributed by atoms with Crippen LogP contribution in [-0.2, 0) is 0 Å². The fourth-order valence-corrected chi connectivity index (χ4v) is 3.68. The highest BCUT2D eigenvalue weighted by atomic mass is 16.1. The Morgan fingerprint density at radius 1 is 0.862 bits per heavy atom. The standard InChI is InChI=1S/C25H15N3O/c26-14-16-10-12-17(13-11-16)23-22(25(29)18-6-2-1-3-7-18)24-20(15-27-23)19-8-4-5-9-21(19)28-24/h1-13,15,28H. The van der Waals surface area contributed by atoms with Gasteiger partial charge >= 0.3 is 0 Å². The fourth-order valence-electron chi connectivity index (χ4n) is 3.68. The molecule has 0 fully saturated rings. The Labute approximate surface area is 167 Å².